The molecule has 1 aromatic carbocycles. The van der Waals surface area contributed by atoms with Gasteiger partial charge in [-0.25, -0.2) is 4.79 Å². The van der Waals surface area contributed by atoms with Crippen molar-refractivity contribution in [1.82, 2.24) is 10.2 Å². The van der Waals surface area contributed by atoms with Crippen LogP contribution in [0, 0.1) is 0 Å². The highest BCUT2D eigenvalue weighted by molar-refractivity contribution is 6.02. The van der Waals surface area contributed by atoms with Gasteiger partial charge in [-0.2, -0.15) is 0 Å². The number of hydrogen-bond acceptors (Lipinski definition) is 3. The molecular weight excluding hydrogens is 208 g/mol. The smallest absolute Gasteiger partial charge is 0.325 e. The van der Waals surface area contributed by atoms with Crippen LogP contribution in [0.2, 0.25) is 0 Å². The number of carbonyl (C=O) groups is 2. The predicted molar refractivity (Wildman–Crippen MR) is 56.5 cm³/mol. The highest BCUT2D eigenvalue weighted by Crippen LogP contribution is 2.22. The van der Waals surface area contributed by atoms with E-state index in [-0.39, 0.29) is 19.1 Å². The molecule has 5 nitrogen and oxygen atoms in total. The van der Waals surface area contributed by atoms with Crippen LogP contribution in [0.5, 0.6) is 0 Å². The number of hydrogen-bond donors (Lipinski definition) is 2. The second kappa shape index (κ2) is 4.32. The number of amides is 3. The fourth-order valence-corrected chi connectivity index (χ4v) is 1.76. The minimum Gasteiger partial charge on any atom is -0.394 e. The Bertz CT molecular complexity index is 389. The van der Waals surface area contributed by atoms with Gasteiger partial charge in [-0.3, -0.25) is 9.69 Å². The summed E-state index contributed by atoms with van der Waals surface area (Å²) in [7, 11) is 0. The molecule has 0 unspecified atom stereocenters. The molecule has 2 N–H and O–H groups in total. The van der Waals surface area contributed by atoms with Crippen molar-refractivity contribution in [3.8, 4) is 0 Å². The highest BCUT2D eigenvalue weighted by Gasteiger charge is 2.35. The van der Waals surface area contributed by atoms with Gasteiger partial charge in [0.25, 0.3) is 5.91 Å². The molecule has 0 spiro atoms. The number of nitrogens with one attached hydrogen (secondary N) is 1. The quantitative estimate of drug-likeness (QED) is 0.718. The summed E-state index contributed by atoms with van der Waals surface area (Å²) in [6, 6.07) is 7.94. The molecule has 1 aliphatic heterocycles. The molecule has 84 valence electrons. The van der Waals surface area contributed by atoms with Crippen LogP contribution in [0.1, 0.15) is 11.6 Å². The Balaban J connectivity index is 2.29. The molecular formula is C11H12N2O3. The third-order valence-electron chi connectivity index (χ3n) is 2.55. The summed E-state index contributed by atoms with van der Waals surface area (Å²) in [4.78, 5) is 24.0. The molecule has 2 rings (SSSR count). The van der Waals surface area contributed by atoms with Gasteiger partial charge in [0.2, 0.25) is 0 Å². The molecule has 1 aromatic rings. The average molecular weight is 220 g/mol. The van der Waals surface area contributed by atoms with Crippen molar-refractivity contribution in [2.75, 3.05) is 13.2 Å². The number of imide groups is 1. The Morgan fingerprint density at radius 2 is 2.00 bits per heavy atom. The van der Waals surface area contributed by atoms with Crippen LogP contribution < -0.4 is 5.32 Å². The molecule has 1 atom stereocenters. The summed E-state index contributed by atoms with van der Waals surface area (Å²) in [5.74, 6) is -0.312. The van der Waals surface area contributed by atoms with E-state index in [1.54, 1.807) is 24.3 Å². The Morgan fingerprint density at radius 3 is 2.50 bits per heavy atom. The van der Waals surface area contributed by atoms with Crippen molar-refractivity contribution < 1.29 is 14.7 Å². The first kappa shape index (κ1) is 10.6. The zero-order chi connectivity index (χ0) is 11.5. The van der Waals surface area contributed by atoms with Crippen molar-refractivity contribution in [3.05, 3.63) is 35.9 Å². The van der Waals surface area contributed by atoms with Gasteiger partial charge >= 0.3 is 6.03 Å². The maximum atomic E-state index is 11.5. The molecule has 0 aromatic heterocycles. The minimum absolute atomic E-state index is 0.00215. The molecule has 1 fully saturated rings. The summed E-state index contributed by atoms with van der Waals surface area (Å²) in [5.41, 5.74) is 0.746. The standard InChI is InChI=1S/C11H12N2O3/c14-7-9(8-4-2-1-3-5-8)13-10(15)6-12-11(13)16/h1-5,9,14H,6-7H2,(H,12,16)/t9-/m0/s1. The van der Waals surface area contributed by atoms with E-state index >= 15 is 0 Å². The molecule has 16 heavy (non-hydrogen) atoms. The van der Waals surface area contributed by atoms with Crippen LogP contribution >= 0.6 is 0 Å². The van der Waals surface area contributed by atoms with Crippen LogP contribution in [-0.4, -0.2) is 35.1 Å². The van der Waals surface area contributed by atoms with Crippen molar-refractivity contribution in [2.24, 2.45) is 0 Å². The van der Waals surface area contributed by atoms with E-state index in [0.717, 1.165) is 10.5 Å². The fraction of sp³-hybridized carbons (Fsp3) is 0.273. The molecule has 0 aliphatic carbocycles. The van der Waals surface area contributed by atoms with Gasteiger partial charge in [-0.05, 0) is 5.56 Å². The Hall–Kier alpha value is -1.88. The van der Waals surface area contributed by atoms with Gasteiger partial charge in [0, 0.05) is 0 Å². The third-order valence-corrected chi connectivity index (χ3v) is 2.55. The largest absolute Gasteiger partial charge is 0.394 e. The Kier molecular flexibility index (Phi) is 2.87. The zero-order valence-electron chi connectivity index (χ0n) is 8.59. The lowest BCUT2D eigenvalue weighted by Gasteiger charge is -2.23. The summed E-state index contributed by atoms with van der Waals surface area (Å²) in [6.45, 7) is -0.272. The van der Waals surface area contributed by atoms with Crippen molar-refractivity contribution in [2.45, 2.75) is 6.04 Å². The van der Waals surface area contributed by atoms with Crippen molar-refractivity contribution in [3.63, 3.8) is 0 Å². The first-order chi connectivity index (χ1) is 7.74. The molecule has 3 amide bonds. The average Bonchev–Trinajstić information content (AvgIpc) is 2.63. The summed E-state index contributed by atoms with van der Waals surface area (Å²) in [5, 5.41) is 11.7. The van der Waals surface area contributed by atoms with E-state index in [9.17, 15) is 14.7 Å². The van der Waals surface area contributed by atoms with Crippen LogP contribution in [-0.2, 0) is 4.79 Å². The Labute approximate surface area is 92.7 Å². The number of benzene rings is 1. The van der Waals surface area contributed by atoms with Gasteiger partial charge in [-0.15, -0.1) is 0 Å². The first-order valence-electron chi connectivity index (χ1n) is 4.99. The highest BCUT2D eigenvalue weighted by atomic mass is 16.3. The SMILES string of the molecule is O=C1CNC(=O)N1[C@@H](CO)c1ccccc1. The monoisotopic (exact) mass is 220 g/mol. The van der Waals surface area contributed by atoms with Gasteiger partial charge < -0.3 is 10.4 Å². The molecule has 0 bridgehead atoms. The third kappa shape index (κ3) is 1.77. The lowest BCUT2D eigenvalue weighted by molar-refractivity contribution is -0.127. The minimum atomic E-state index is -0.601. The summed E-state index contributed by atoms with van der Waals surface area (Å²) in [6.07, 6.45) is 0. The topological polar surface area (TPSA) is 69.6 Å². The Morgan fingerprint density at radius 1 is 1.31 bits per heavy atom. The maximum Gasteiger partial charge on any atom is 0.325 e. The van der Waals surface area contributed by atoms with Gasteiger partial charge in [-0.1, -0.05) is 30.3 Å². The van der Waals surface area contributed by atoms with E-state index in [2.05, 4.69) is 5.32 Å². The summed E-state index contributed by atoms with van der Waals surface area (Å²) >= 11 is 0. The lowest BCUT2D eigenvalue weighted by Crippen LogP contribution is -2.36. The van der Waals surface area contributed by atoms with Crippen LogP contribution in [0.25, 0.3) is 0 Å². The number of carbonyl (C=O) groups excluding carboxylic acids is 2. The summed E-state index contributed by atoms with van der Waals surface area (Å²) < 4.78 is 0. The molecule has 1 aliphatic rings. The number of aliphatic hydroxyl groups is 1. The van der Waals surface area contributed by atoms with E-state index in [1.165, 1.54) is 0 Å². The lowest BCUT2D eigenvalue weighted by atomic mass is 10.1. The number of urea groups is 1. The normalized spacial score (nSPS) is 17.4. The van der Waals surface area contributed by atoms with Gasteiger partial charge in [0.1, 0.15) is 0 Å². The second-order valence-electron chi connectivity index (χ2n) is 3.53. The van der Waals surface area contributed by atoms with E-state index in [4.69, 9.17) is 0 Å². The number of nitrogens with zero attached hydrogens (tertiary/aromatic N) is 1. The fourth-order valence-electron chi connectivity index (χ4n) is 1.76. The number of rotatable bonds is 3. The van der Waals surface area contributed by atoms with Crippen LogP contribution in [0.4, 0.5) is 4.79 Å². The van der Waals surface area contributed by atoms with E-state index in [1.807, 2.05) is 6.07 Å². The molecule has 1 heterocycles. The van der Waals surface area contributed by atoms with Gasteiger partial charge in [0.15, 0.2) is 0 Å². The number of aliphatic hydroxyl groups excluding tert-OH is 1. The first-order valence-corrected chi connectivity index (χ1v) is 4.99. The predicted octanol–water partition coefficient (Wildman–Crippen LogP) is 0.272. The molecule has 5 heteroatoms. The van der Waals surface area contributed by atoms with Crippen LogP contribution in [0.3, 0.4) is 0 Å². The molecule has 0 saturated carbocycles. The van der Waals surface area contributed by atoms with E-state index in [0.29, 0.717) is 0 Å². The zero-order valence-corrected chi connectivity index (χ0v) is 8.59. The second-order valence-corrected chi connectivity index (χ2v) is 3.53. The van der Waals surface area contributed by atoms with Crippen molar-refractivity contribution in [1.29, 1.82) is 0 Å². The molecule has 0 radical (unpaired) electrons. The maximum absolute atomic E-state index is 11.5. The van der Waals surface area contributed by atoms with Crippen LogP contribution in [0.15, 0.2) is 30.3 Å². The van der Waals surface area contributed by atoms with Crippen molar-refractivity contribution >= 4 is 11.9 Å². The van der Waals surface area contributed by atoms with Gasteiger partial charge in [0.05, 0.1) is 19.2 Å². The van der Waals surface area contributed by atoms with E-state index < -0.39 is 12.1 Å². The molecule has 1 saturated heterocycles.